The van der Waals surface area contributed by atoms with Crippen molar-refractivity contribution in [2.24, 2.45) is 4.99 Å². The van der Waals surface area contributed by atoms with E-state index in [1.54, 1.807) is 7.11 Å². The van der Waals surface area contributed by atoms with Gasteiger partial charge in [0.1, 0.15) is 12.4 Å². The van der Waals surface area contributed by atoms with Crippen LogP contribution < -0.4 is 4.74 Å². The molecule has 0 atom stereocenters. The van der Waals surface area contributed by atoms with Gasteiger partial charge in [-0.05, 0) is 23.6 Å². The van der Waals surface area contributed by atoms with E-state index in [4.69, 9.17) is 9.47 Å². The fraction of sp³-hybridized carbons (Fsp3) is 0.467. The molecule has 0 spiro atoms. The molecule has 4 heteroatoms. The molecule has 2 rings (SSSR count). The molecule has 0 fully saturated rings. The maximum atomic E-state index is 12.2. The molecule has 1 aromatic rings. The highest BCUT2D eigenvalue weighted by atomic mass is 16.5. The van der Waals surface area contributed by atoms with E-state index in [0.717, 1.165) is 5.56 Å². The second kappa shape index (κ2) is 5.87. The highest BCUT2D eigenvalue weighted by Crippen LogP contribution is 2.26. The number of ketones is 1. The number of aliphatic imine (C=N–C) groups is 1. The largest absolute Gasteiger partial charge is 0.496 e. The zero-order valence-electron chi connectivity index (χ0n) is 11.6. The van der Waals surface area contributed by atoms with Crippen molar-refractivity contribution >= 4 is 11.7 Å². The Balaban J connectivity index is 2.20. The molecule has 0 saturated heterocycles. The first-order valence-corrected chi connectivity index (χ1v) is 6.49. The quantitative estimate of drug-likeness (QED) is 0.766. The van der Waals surface area contributed by atoms with Crippen LogP contribution in [0.5, 0.6) is 5.75 Å². The molecule has 0 amide bonds. The standard InChI is InChI=1S/C15H19NO3/c1-10(2)11-4-5-12(14(8-11)18-3)13(17)9-15-16-6-7-19-15/h4-5,8,10H,6-7,9H2,1-3H3. The molecule has 1 aliphatic heterocycles. The maximum absolute atomic E-state index is 12.2. The lowest BCUT2D eigenvalue weighted by atomic mass is 9.98. The first-order valence-electron chi connectivity index (χ1n) is 6.49. The number of ether oxygens (including phenoxy) is 2. The van der Waals surface area contributed by atoms with Crippen molar-refractivity contribution in [3.05, 3.63) is 29.3 Å². The van der Waals surface area contributed by atoms with Crippen LogP contribution in [0.1, 0.15) is 42.1 Å². The third-order valence-electron chi connectivity index (χ3n) is 3.15. The molecule has 0 aromatic heterocycles. The summed E-state index contributed by atoms with van der Waals surface area (Å²) in [5.74, 6) is 1.53. The zero-order chi connectivity index (χ0) is 13.8. The van der Waals surface area contributed by atoms with E-state index in [2.05, 4.69) is 18.8 Å². The zero-order valence-corrected chi connectivity index (χ0v) is 11.6. The minimum atomic E-state index is -0.0205. The number of Topliss-reactive ketones (excluding diaryl/α,β-unsaturated/α-hetero) is 1. The van der Waals surface area contributed by atoms with Gasteiger partial charge in [-0.1, -0.05) is 19.9 Å². The fourth-order valence-electron chi connectivity index (χ4n) is 2.02. The van der Waals surface area contributed by atoms with Crippen LogP contribution in [0.25, 0.3) is 0 Å². The Morgan fingerprint density at radius 1 is 1.47 bits per heavy atom. The van der Waals surface area contributed by atoms with E-state index < -0.39 is 0 Å². The van der Waals surface area contributed by atoms with Crippen molar-refractivity contribution in [3.8, 4) is 5.75 Å². The fourth-order valence-corrected chi connectivity index (χ4v) is 2.02. The maximum Gasteiger partial charge on any atom is 0.191 e. The number of hydrogen-bond donors (Lipinski definition) is 0. The molecule has 1 heterocycles. The summed E-state index contributed by atoms with van der Waals surface area (Å²) in [6.45, 7) is 5.44. The summed E-state index contributed by atoms with van der Waals surface area (Å²) in [5.41, 5.74) is 1.74. The Kier molecular flexibility index (Phi) is 4.20. The third kappa shape index (κ3) is 3.13. The average Bonchev–Trinajstić information content (AvgIpc) is 2.90. The van der Waals surface area contributed by atoms with Crippen molar-refractivity contribution in [2.45, 2.75) is 26.2 Å². The monoisotopic (exact) mass is 261 g/mol. The molecule has 0 bridgehead atoms. The van der Waals surface area contributed by atoms with Crippen LogP contribution in [0, 0.1) is 0 Å². The average molecular weight is 261 g/mol. The van der Waals surface area contributed by atoms with Gasteiger partial charge in [-0.25, -0.2) is 0 Å². The Hall–Kier alpha value is -1.84. The first kappa shape index (κ1) is 13.6. The first-order chi connectivity index (χ1) is 9.11. The number of methoxy groups -OCH3 is 1. The lowest BCUT2D eigenvalue weighted by Crippen LogP contribution is -2.10. The van der Waals surface area contributed by atoms with Crippen LogP contribution in [0.15, 0.2) is 23.2 Å². The third-order valence-corrected chi connectivity index (χ3v) is 3.15. The van der Waals surface area contributed by atoms with Gasteiger partial charge in [0.15, 0.2) is 11.7 Å². The Labute approximate surface area is 113 Å². The second-order valence-electron chi connectivity index (χ2n) is 4.84. The molecule has 0 N–H and O–H groups in total. The molecule has 1 aromatic carbocycles. The molecule has 1 aliphatic rings. The molecule has 102 valence electrons. The molecule has 0 radical (unpaired) electrons. The summed E-state index contributed by atoms with van der Waals surface area (Å²) in [5, 5.41) is 0. The number of carbonyl (C=O) groups is 1. The van der Waals surface area contributed by atoms with Gasteiger partial charge < -0.3 is 9.47 Å². The van der Waals surface area contributed by atoms with E-state index in [9.17, 15) is 4.79 Å². The van der Waals surface area contributed by atoms with E-state index in [1.807, 2.05) is 18.2 Å². The summed E-state index contributed by atoms with van der Waals surface area (Å²) in [4.78, 5) is 16.4. The predicted molar refractivity (Wildman–Crippen MR) is 74.3 cm³/mol. The van der Waals surface area contributed by atoms with E-state index in [0.29, 0.717) is 36.3 Å². The highest BCUT2D eigenvalue weighted by molar-refractivity contribution is 6.09. The molecule has 0 unspecified atom stereocenters. The minimum Gasteiger partial charge on any atom is -0.496 e. The Morgan fingerprint density at radius 2 is 2.26 bits per heavy atom. The van der Waals surface area contributed by atoms with Crippen LogP contribution in [-0.2, 0) is 4.74 Å². The van der Waals surface area contributed by atoms with Gasteiger partial charge in [0.05, 0.1) is 25.6 Å². The Morgan fingerprint density at radius 3 is 2.84 bits per heavy atom. The van der Waals surface area contributed by atoms with Crippen molar-refractivity contribution in [1.29, 1.82) is 0 Å². The summed E-state index contributed by atoms with van der Waals surface area (Å²) in [7, 11) is 1.58. The summed E-state index contributed by atoms with van der Waals surface area (Å²) >= 11 is 0. The van der Waals surface area contributed by atoms with Crippen molar-refractivity contribution in [3.63, 3.8) is 0 Å². The number of hydrogen-bond acceptors (Lipinski definition) is 4. The van der Waals surface area contributed by atoms with Gasteiger partial charge in [0.25, 0.3) is 0 Å². The number of benzene rings is 1. The van der Waals surface area contributed by atoms with Crippen LogP contribution in [0.3, 0.4) is 0 Å². The van der Waals surface area contributed by atoms with E-state index in [-0.39, 0.29) is 12.2 Å². The van der Waals surface area contributed by atoms with Gasteiger partial charge in [0, 0.05) is 0 Å². The van der Waals surface area contributed by atoms with Gasteiger partial charge in [-0.3, -0.25) is 9.79 Å². The normalized spacial score (nSPS) is 14.2. The molecule has 4 nitrogen and oxygen atoms in total. The van der Waals surface area contributed by atoms with Crippen molar-refractivity contribution < 1.29 is 14.3 Å². The number of nitrogens with zero attached hydrogens (tertiary/aromatic N) is 1. The predicted octanol–water partition coefficient (Wildman–Crippen LogP) is 2.82. The SMILES string of the molecule is COc1cc(C(C)C)ccc1C(=O)CC1=NCCO1. The molecular formula is C15H19NO3. The minimum absolute atomic E-state index is 0.0205. The number of rotatable bonds is 5. The van der Waals surface area contributed by atoms with Gasteiger partial charge in [-0.15, -0.1) is 0 Å². The van der Waals surface area contributed by atoms with Crippen molar-refractivity contribution in [1.82, 2.24) is 0 Å². The van der Waals surface area contributed by atoms with Crippen LogP contribution in [-0.4, -0.2) is 31.9 Å². The van der Waals surface area contributed by atoms with Crippen molar-refractivity contribution in [2.75, 3.05) is 20.3 Å². The van der Waals surface area contributed by atoms with Crippen LogP contribution >= 0.6 is 0 Å². The summed E-state index contributed by atoms with van der Waals surface area (Å²) < 4.78 is 10.6. The number of carbonyl (C=O) groups excluding carboxylic acids is 1. The summed E-state index contributed by atoms with van der Waals surface area (Å²) in [6, 6.07) is 5.72. The topological polar surface area (TPSA) is 47.9 Å². The molecular weight excluding hydrogens is 242 g/mol. The van der Waals surface area contributed by atoms with Gasteiger partial charge >= 0.3 is 0 Å². The van der Waals surface area contributed by atoms with Crippen LogP contribution in [0.2, 0.25) is 0 Å². The smallest absolute Gasteiger partial charge is 0.191 e. The van der Waals surface area contributed by atoms with Gasteiger partial charge in [-0.2, -0.15) is 0 Å². The molecule has 0 saturated carbocycles. The lowest BCUT2D eigenvalue weighted by Gasteiger charge is -2.12. The van der Waals surface area contributed by atoms with Crippen LogP contribution in [0.4, 0.5) is 0 Å². The molecule has 0 aliphatic carbocycles. The highest BCUT2D eigenvalue weighted by Gasteiger charge is 2.18. The lowest BCUT2D eigenvalue weighted by molar-refractivity contribution is 0.0991. The van der Waals surface area contributed by atoms with Gasteiger partial charge in [0.2, 0.25) is 0 Å². The Bertz CT molecular complexity index is 506. The van der Waals surface area contributed by atoms with E-state index in [1.165, 1.54) is 0 Å². The molecule has 19 heavy (non-hydrogen) atoms. The van der Waals surface area contributed by atoms with E-state index >= 15 is 0 Å². The summed E-state index contributed by atoms with van der Waals surface area (Å²) in [6.07, 6.45) is 0.206. The second-order valence-corrected chi connectivity index (χ2v) is 4.84.